The fraction of sp³-hybridized carbons (Fsp3) is 0.361. The van der Waals surface area contributed by atoms with Crippen LogP contribution in [0.5, 0.6) is 5.75 Å². The lowest BCUT2D eigenvalue weighted by Crippen LogP contribution is -2.61. The summed E-state index contributed by atoms with van der Waals surface area (Å²) in [4.78, 5) is 92.2. The van der Waals surface area contributed by atoms with E-state index in [1.54, 1.807) is 42.5 Å². The lowest BCUT2D eigenvalue weighted by molar-refractivity contribution is -0.139. The summed E-state index contributed by atoms with van der Waals surface area (Å²) < 4.78 is 6.62. The largest absolute Gasteiger partial charge is 0.508 e. The maximum absolute atomic E-state index is 13.7. The number of benzene rings is 2. The fourth-order valence-electron chi connectivity index (χ4n) is 5.65. The molecule has 2 heterocycles. The third-order valence-electron chi connectivity index (χ3n) is 8.87. The van der Waals surface area contributed by atoms with E-state index in [-0.39, 0.29) is 30.8 Å². The van der Waals surface area contributed by atoms with E-state index >= 15 is 0 Å². The Morgan fingerprint density at radius 3 is 2.25 bits per heavy atom. The lowest BCUT2D eigenvalue weighted by atomic mass is 10.0. The van der Waals surface area contributed by atoms with Gasteiger partial charge in [-0.3, -0.25) is 28.7 Å². The molecule has 1 aliphatic rings. The molecule has 1 aromatic heterocycles. The molecule has 7 atom stereocenters. The highest BCUT2D eigenvalue weighted by atomic mass is 16.5. The number of rotatable bonds is 15. The SMILES string of the molecule is CC(NC(=O)NC(Cc1ccccc1)C(=O)O)C(=O)NC(C(=O)NC=C1CC(O)C(n2ccc(=O)[nH]c2=O)O1)C(C)N(C)C(=O)C(N)Cc1ccc(O)cc1. The smallest absolute Gasteiger partial charge is 0.331 e. The summed E-state index contributed by atoms with van der Waals surface area (Å²) in [5.74, 6) is -3.55. The van der Waals surface area contributed by atoms with Gasteiger partial charge >= 0.3 is 17.7 Å². The van der Waals surface area contributed by atoms with Gasteiger partial charge in [-0.25, -0.2) is 14.4 Å². The van der Waals surface area contributed by atoms with Crippen molar-refractivity contribution in [3.05, 3.63) is 111 Å². The van der Waals surface area contributed by atoms with Crippen molar-refractivity contribution < 1.29 is 44.0 Å². The molecule has 1 fully saturated rings. The van der Waals surface area contributed by atoms with E-state index in [2.05, 4.69) is 26.3 Å². The van der Waals surface area contributed by atoms with Crippen molar-refractivity contribution in [1.82, 2.24) is 35.7 Å². The fourth-order valence-corrected chi connectivity index (χ4v) is 5.65. The quantitative estimate of drug-likeness (QED) is 0.0879. The minimum absolute atomic E-state index is 0.0300. The third-order valence-corrected chi connectivity index (χ3v) is 8.87. The minimum Gasteiger partial charge on any atom is -0.508 e. The number of nitrogens with two attached hydrogens (primary N) is 1. The molecule has 2 aromatic carbocycles. The van der Waals surface area contributed by atoms with E-state index in [1.165, 1.54) is 37.9 Å². The molecule has 1 aliphatic heterocycles. The number of H-pyrrole nitrogens is 1. The normalized spacial score (nSPS) is 18.5. The van der Waals surface area contributed by atoms with E-state index in [1.807, 2.05) is 0 Å². The van der Waals surface area contributed by atoms with E-state index < -0.39 is 83.5 Å². The van der Waals surface area contributed by atoms with Gasteiger partial charge in [-0.2, -0.15) is 0 Å². The molecule has 19 nitrogen and oxygen atoms in total. The summed E-state index contributed by atoms with van der Waals surface area (Å²) in [7, 11) is 1.38. The van der Waals surface area contributed by atoms with Crippen LogP contribution in [0.2, 0.25) is 0 Å². The van der Waals surface area contributed by atoms with Gasteiger partial charge in [0.2, 0.25) is 23.9 Å². The van der Waals surface area contributed by atoms with Crippen molar-refractivity contribution in [1.29, 1.82) is 0 Å². The van der Waals surface area contributed by atoms with Crippen LogP contribution >= 0.6 is 0 Å². The van der Waals surface area contributed by atoms with E-state index in [0.29, 0.717) is 11.1 Å². The summed E-state index contributed by atoms with van der Waals surface area (Å²) in [6.45, 7) is 2.78. The Morgan fingerprint density at radius 1 is 0.964 bits per heavy atom. The summed E-state index contributed by atoms with van der Waals surface area (Å²) in [6.07, 6.45) is -0.311. The number of nitrogens with one attached hydrogen (secondary N) is 5. The maximum Gasteiger partial charge on any atom is 0.331 e. The molecule has 7 unspecified atom stereocenters. The van der Waals surface area contributed by atoms with Crippen molar-refractivity contribution in [2.45, 2.75) is 75.7 Å². The molecule has 10 N–H and O–H groups in total. The van der Waals surface area contributed by atoms with Crippen LogP contribution in [0.4, 0.5) is 4.79 Å². The zero-order valence-corrected chi connectivity index (χ0v) is 30.2. The van der Waals surface area contributed by atoms with Crippen LogP contribution in [0, 0.1) is 0 Å². The van der Waals surface area contributed by atoms with Gasteiger partial charge in [0.05, 0.1) is 12.1 Å². The molecule has 4 rings (SSSR count). The predicted molar refractivity (Wildman–Crippen MR) is 195 cm³/mol. The molecule has 0 bridgehead atoms. The first-order valence-corrected chi connectivity index (χ1v) is 17.1. The van der Waals surface area contributed by atoms with Crippen LogP contribution in [0.1, 0.15) is 37.6 Å². The van der Waals surface area contributed by atoms with Crippen LogP contribution in [0.15, 0.2) is 88.4 Å². The van der Waals surface area contributed by atoms with Crippen LogP contribution in [-0.4, -0.2) is 103 Å². The van der Waals surface area contributed by atoms with Crippen molar-refractivity contribution in [2.75, 3.05) is 7.05 Å². The minimum atomic E-state index is -1.49. The second-order valence-electron chi connectivity index (χ2n) is 13.0. The van der Waals surface area contributed by atoms with Gasteiger partial charge in [-0.15, -0.1) is 0 Å². The van der Waals surface area contributed by atoms with E-state index in [0.717, 1.165) is 23.0 Å². The summed E-state index contributed by atoms with van der Waals surface area (Å²) >= 11 is 0. The zero-order chi connectivity index (χ0) is 40.4. The van der Waals surface area contributed by atoms with Gasteiger partial charge < -0.3 is 52.0 Å². The van der Waals surface area contributed by atoms with Gasteiger partial charge in [0.25, 0.3) is 5.56 Å². The summed E-state index contributed by atoms with van der Waals surface area (Å²) in [5, 5.41) is 39.5. The van der Waals surface area contributed by atoms with Crippen molar-refractivity contribution >= 4 is 29.7 Å². The van der Waals surface area contributed by atoms with Gasteiger partial charge in [0.1, 0.15) is 35.7 Å². The number of urea groups is 1. The average Bonchev–Trinajstić information content (AvgIpc) is 3.52. The number of ether oxygens (including phenoxy) is 1. The van der Waals surface area contributed by atoms with Gasteiger partial charge in [0.15, 0.2) is 0 Å². The lowest BCUT2D eigenvalue weighted by Gasteiger charge is -2.33. The number of nitrogens with zero attached hydrogens (tertiary/aromatic N) is 2. The molecule has 0 spiro atoms. The second kappa shape index (κ2) is 18.5. The van der Waals surface area contributed by atoms with Crippen molar-refractivity contribution in [3.63, 3.8) is 0 Å². The molecule has 3 aromatic rings. The Hall–Kier alpha value is -6.47. The highest BCUT2D eigenvalue weighted by molar-refractivity contribution is 5.93. The number of hydrogen-bond acceptors (Lipinski definition) is 11. The Kier molecular flexibility index (Phi) is 13.9. The van der Waals surface area contributed by atoms with Crippen LogP contribution in [-0.2, 0) is 36.8 Å². The molecule has 0 radical (unpaired) electrons. The number of amides is 5. The van der Waals surface area contributed by atoms with Crippen molar-refractivity contribution in [3.8, 4) is 5.75 Å². The first-order chi connectivity index (χ1) is 26.0. The topological polar surface area (TPSA) is 288 Å². The Bertz CT molecular complexity index is 2000. The zero-order valence-electron chi connectivity index (χ0n) is 30.2. The molecule has 0 aliphatic carbocycles. The molecular weight excluding hydrogens is 720 g/mol. The van der Waals surface area contributed by atoms with Gasteiger partial charge in [0, 0.05) is 38.4 Å². The highest BCUT2D eigenvalue weighted by Crippen LogP contribution is 2.29. The average molecular weight is 765 g/mol. The highest BCUT2D eigenvalue weighted by Gasteiger charge is 2.36. The number of carbonyl (C=O) groups is 5. The van der Waals surface area contributed by atoms with Crippen LogP contribution < -0.4 is 38.2 Å². The Morgan fingerprint density at radius 2 is 1.62 bits per heavy atom. The predicted octanol–water partition coefficient (Wildman–Crippen LogP) is -1.24. The molecule has 294 valence electrons. The number of aliphatic hydroxyl groups excluding tert-OH is 1. The second-order valence-corrected chi connectivity index (χ2v) is 13.0. The summed E-state index contributed by atoms with van der Waals surface area (Å²) in [6, 6.07) is 8.51. The number of aliphatic carboxylic acids is 1. The number of likely N-dealkylation sites (N-methyl/N-ethyl adjacent to an activating group) is 1. The van der Waals surface area contributed by atoms with Crippen molar-refractivity contribution in [2.24, 2.45) is 5.73 Å². The number of carboxylic acids is 1. The van der Waals surface area contributed by atoms with E-state index in [4.69, 9.17) is 10.5 Å². The number of phenols is 1. The standard InChI is InChI=1S/C36H44N8O11/c1-19(39-35(53)40-26(34(51)52)16-21-7-5-4-6-8-21)30(48)42-29(20(2)43(3)32(50)25(37)15-22-9-11-23(45)12-10-22)31(49)38-18-24-17-27(46)33(55-24)44-14-13-28(47)41-36(44)54/h4-14,18-20,25-27,29,33,45-46H,15-17,37H2,1-3H3,(H,38,49)(H,42,48)(H,51,52)(H2,39,40,53)(H,41,47,54). The monoisotopic (exact) mass is 764 g/mol. The molecule has 5 amide bonds. The number of hydrogen-bond donors (Lipinski definition) is 9. The molecule has 0 saturated carbocycles. The molecule has 1 saturated heterocycles. The number of aromatic nitrogens is 2. The molecular formula is C36H44N8O11. The van der Waals surface area contributed by atoms with E-state index in [9.17, 15) is 48.9 Å². The third kappa shape index (κ3) is 11.3. The van der Waals surface area contributed by atoms with Gasteiger partial charge in [-0.1, -0.05) is 42.5 Å². The number of phenolic OH excluding ortho intramolecular Hbond substituents is 1. The first-order valence-electron chi connectivity index (χ1n) is 17.1. The number of aliphatic hydroxyl groups is 1. The Labute approximate surface area is 314 Å². The number of carbonyl (C=O) groups excluding carboxylic acids is 4. The molecule has 19 heteroatoms. The summed E-state index contributed by atoms with van der Waals surface area (Å²) in [5.41, 5.74) is 6.04. The van der Waals surface area contributed by atoms with Gasteiger partial charge in [-0.05, 0) is 43.5 Å². The number of aromatic amines is 1. The number of carboxylic acid groups (broad SMARTS) is 1. The first kappa shape index (κ1) is 41.3. The Balaban J connectivity index is 1.48. The maximum atomic E-state index is 13.7. The number of aromatic hydroxyl groups is 1. The van der Waals surface area contributed by atoms with Crippen LogP contribution in [0.25, 0.3) is 0 Å². The molecule has 55 heavy (non-hydrogen) atoms. The van der Waals surface area contributed by atoms with Crippen LogP contribution in [0.3, 0.4) is 0 Å².